The first kappa shape index (κ1) is 18.2. The van der Waals surface area contributed by atoms with Gasteiger partial charge in [0.2, 0.25) is 5.91 Å². The molecule has 1 aromatic heterocycles. The molecule has 1 aliphatic heterocycles. The molecular formula is C18H28N4O2. The van der Waals surface area contributed by atoms with Crippen molar-refractivity contribution in [1.82, 2.24) is 20.5 Å². The molecule has 0 spiro atoms. The highest BCUT2D eigenvalue weighted by molar-refractivity contribution is 5.79. The number of amides is 3. The topological polar surface area (TPSA) is 74.3 Å². The van der Waals surface area contributed by atoms with Crippen LogP contribution in [0, 0.1) is 6.92 Å². The predicted octanol–water partition coefficient (Wildman–Crippen LogP) is 2.02. The molecule has 6 heteroatoms. The number of rotatable bonds is 3. The van der Waals surface area contributed by atoms with E-state index < -0.39 is 0 Å². The molecule has 3 amide bonds. The fraction of sp³-hybridized carbons (Fsp3) is 0.611. The zero-order valence-electron chi connectivity index (χ0n) is 15.1. The molecule has 0 unspecified atom stereocenters. The molecule has 132 valence electrons. The largest absolute Gasteiger partial charge is 0.353 e. The van der Waals surface area contributed by atoms with Crippen LogP contribution in [0.15, 0.2) is 18.3 Å². The Morgan fingerprint density at radius 1 is 1.25 bits per heavy atom. The van der Waals surface area contributed by atoms with Crippen LogP contribution in [0.1, 0.15) is 44.9 Å². The van der Waals surface area contributed by atoms with Gasteiger partial charge in [-0.1, -0.05) is 6.07 Å². The molecule has 2 rings (SSSR count). The Morgan fingerprint density at radius 3 is 2.46 bits per heavy atom. The maximum Gasteiger partial charge on any atom is 0.317 e. The van der Waals surface area contributed by atoms with Crippen LogP contribution >= 0.6 is 0 Å². The number of nitrogens with zero attached hydrogens (tertiary/aromatic N) is 2. The van der Waals surface area contributed by atoms with Crippen molar-refractivity contribution in [3.05, 3.63) is 29.6 Å². The van der Waals surface area contributed by atoms with Crippen LogP contribution in [0.4, 0.5) is 4.79 Å². The molecule has 0 aromatic carbocycles. The first-order valence-corrected chi connectivity index (χ1v) is 8.51. The molecule has 24 heavy (non-hydrogen) atoms. The number of aryl methyl sites for hydroxylation is 1. The number of hydrogen-bond acceptors (Lipinski definition) is 3. The SMILES string of the molecule is Cc1ccc(CC(=O)NC2CCN(C(=O)NC(C)(C)C)CC2)cn1. The Hall–Kier alpha value is -2.11. The van der Waals surface area contributed by atoms with Crippen LogP contribution in [0.5, 0.6) is 0 Å². The number of pyridine rings is 1. The molecule has 1 fully saturated rings. The van der Waals surface area contributed by atoms with Gasteiger partial charge in [0.25, 0.3) is 0 Å². The van der Waals surface area contributed by atoms with Gasteiger partial charge in [-0.3, -0.25) is 9.78 Å². The van der Waals surface area contributed by atoms with Crippen molar-refractivity contribution in [3.8, 4) is 0 Å². The molecule has 0 radical (unpaired) electrons. The molecule has 0 bridgehead atoms. The minimum absolute atomic E-state index is 0.0123. The van der Waals surface area contributed by atoms with Gasteiger partial charge in [-0.05, 0) is 52.2 Å². The number of nitrogens with one attached hydrogen (secondary N) is 2. The fourth-order valence-electron chi connectivity index (χ4n) is 2.69. The molecule has 1 aliphatic rings. The van der Waals surface area contributed by atoms with Gasteiger partial charge in [-0.2, -0.15) is 0 Å². The van der Waals surface area contributed by atoms with E-state index >= 15 is 0 Å². The van der Waals surface area contributed by atoms with Gasteiger partial charge in [-0.15, -0.1) is 0 Å². The van der Waals surface area contributed by atoms with Crippen molar-refractivity contribution in [2.24, 2.45) is 0 Å². The van der Waals surface area contributed by atoms with Crippen molar-refractivity contribution in [1.29, 1.82) is 0 Å². The summed E-state index contributed by atoms with van der Waals surface area (Å²) in [6.45, 7) is 9.17. The second-order valence-electron chi connectivity index (χ2n) is 7.49. The maximum absolute atomic E-state index is 12.1. The quantitative estimate of drug-likeness (QED) is 0.889. The predicted molar refractivity (Wildman–Crippen MR) is 93.7 cm³/mol. The molecule has 1 saturated heterocycles. The summed E-state index contributed by atoms with van der Waals surface area (Å²) in [7, 11) is 0. The second kappa shape index (κ2) is 7.64. The van der Waals surface area contributed by atoms with Gasteiger partial charge in [-0.25, -0.2) is 4.79 Å². The lowest BCUT2D eigenvalue weighted by atomic mass is 10.0. The monoisotopic (exact) mass is 332 g/mol. The lowest BCUT2D eigenvalue weighted by Gasteiger charge is -2.34. The van der Waals surface area contributed by atoms with Crippen molar-refractivity contribution in [3.63, 3.8) is 0 Å². The Balaban J connectivity index is 1.75. The van der Waals surface area contributed by atoms with E-state index in [0.29, 0.717) is 19.5 Å². The van der Waals surface area contributed by atoms with E-state index in [9.17, 15) is 9.59 Å². The Morgan fingerprint density at radius 2 is 1.92 bits per heavy atom. The number of aromatic nitrogens is 1. The summed E-state index contributed by atoms with van der Waals surface area (Å²) in [6, 6.07) is 3.95. The molecule has 0 aliphatic carbocycles. The summed E-state index contributed by atoms with van der Waals surface area (Å²) in [4.78, 5) is 30.3. The van der Waals surface area contributed by atoms with Gasteiger partial charge >= 0.3 is 6.03 Å². The highest BCUT2D eigenvalue weighted by Crippen LogP contribution is 2.12. The third-order valence-corrected chi connectivity index (χ3v) is 3.97. The highest BCUT2D eigenvalue weighted by atomic mass is 16.2. The first-order valence-electron chi connectivity index (χ1n) is 8.51. The number of piperidine rings is 1. The van der Waals surface area contributed by atoms with Gasteiger partial charge in [0, 0.05) is 36.6 Å². The summed E-state index contributed by atoms with van der Waals surface area (Å²) in [5.74, 6) is 0.0123. The van der Waals surface area contributed by atoms with Crippen LogP contribution in [0.3, 0.4) is 0 Å². The lowest BCUT2D eigenvalue weighted by Crippen LogP contribution is -2.53. The average molecular weight is 332 g/mol. The van der Waals surface area contributed by atoms with E-state index in [4.69, 9.17) is 0 Å². The summed E-state index contributed by atoms with van der Waals surface area (Å²) in [5.41, 5.74) is 1.63. The summed E-state index contributed by atoms with van der Waals surface area (Å²) in [6.07, 6.45) is 3.66. The third kappa shape index (κ3) is 5.83. The van der Waals surface area contributed by atoms with Crippen LogP contribution in [0.2, 0.25) is 0 Å². The summed E-state index contributed by atoms with van der Waals surface area (Å²) < 4.78 is 0. The molecule has 2 heterocycles. The summed E-state index contributed by atoms with van der Waals surface area (Å²) >= 11 is 0. The zero-order valence-corrected chi connectivity index (χ0v) is 15.1. The molecular weight excluding hydrogens is 304 g/mol. The normalized spacial score (nSPS) is 15.9. The highest BCUT2D eigenvalue weighted by Gasteiger charge is 2.25. The Kier molecular flexibility index (Phi) is 5.80. The van der Waals surface area contributed by atoms with E-state index in [1.54, 1.807) is 6.20 Å². The van der Waals surface area contributed by atoms with Gasteiger partial charge in [0.1, 0.15) is 0 Å². The first-order chi connectivity index (χ1) is 11.2. The fourth-order valence-corrected chi connectivity index (χ4v) is 2.69. The molecule has 1 aromatic rings. The summed E-state index contributed by atoms with van der Waals surface area (Å²) in [5, 5.41) is 6.04. The standard InChI is InChI=1S/C18H28N4O2/c1-13-5-6-14(12-19-13)11-16(23)20-15-7-9-22(10-8-15)17(24)21-18(2,3)4/h5-6,12,15H,7-11H2,1-4H3,(H,20,23)(H,21,24). The maximum atomic E-state index is 12.1. The van der Waals surface area contributed by atoms with Crippen LogP contribution in [0.25, 0.3) is 0 Å². The van der Waals surface area contributed by atoms with Crippen molar-refractivity contribution in [2.45, 2.75) is 58.5 Å². The van der Waals surface area contributed by atoms with E-state index in [-0.39, 0.29) is 23.5 Å². The molecule has 2 N–H and O–H groups in total. The van der Waals surface area contributed by atoms with Gasteiger partial charge in [0.15, 0.2) is 0 Å². The van der Waals surface area contributed by atoms with Crippen LogP contribution in [-0.4, -0.2) is 46.5 Å². The smallest absolute Gasteiger partial charge is 0.317 e. The molecule has 6 nitrogen and oxygen atoms in total. The number of urea groups is 1. The zero-order chi connectivity index (χ0) is 17.7. The minimum Gasteiger partial charge on any atom is -0.353 e. The van der Waals surface area contributed by atoms with Gasteiger partial charge in [0.05, 0.1) is 6.42 Å². The third-order valence-electron chi connectivity index (χ3n) is 3.97. The van der Waals surface area contributed by atoms with Crippen LogP contribution < -0.4 is 10.6 Å². The van der Waals surface area contributed by atoms with E-state index in [2.05, 4.69) is 15.6 Å². The lowest BCUT2D eigenvalue weighted by molar-refractivity contribution is -0.121. The number of hydrogen-bond donors (Lipinski definition) is 2. The second-order valence-corrected chi connectivity index (χ2v) is 7.49. The van der Waals surface area contributed by atoms with E-state index in [0.717, 1.165) is 24.1 Å². The van der Waals surface area contributed by atoms with Crippen molar-refractivity contribution in [2.75, 3.05) is 13.1 Å². The molecule has 0 saturated carbocycles. The Bertz CT molecular complexity index is 570. The number of carbonyl (C=O) groups excluding carboxylic acids is 2. The molecule has 0 atom stereocenters. The Labute approximate surface area is 144 Å². The van der Waals surface area contributed by atoms with Crippen LogP contribution in [-0.2, 0) is 11.2 Å². The van der Waals surface area contributed by atoms with E-state index in [1.807, 2.05) is 44.7 Å². The van der Waals surface area contributed by atoms with Crippen molar-refractivity contribution < 1.29 is 9.59 Å². The number of likely N-dealkylation sites (tertiary alicyclic amines) is 1. The van der Waals surface area contributed by atoms with Crippen molar-refractivity contribution >= 4 is 11.9 Å². The van der Waals surface area contributed by atoms with E-state index in [1.165, 1.54) is 0 Å². The minimum atomic E-state index is -0.232. The average Bonchev–Trinajstić information content (AvgIpc) is 2.48. The van der Waals surface area contributed by atoms with Gasteiger partial charge < -0.3 is 15.5 Å². The number of carbonyl (C=O) groups is 2.